The van der Waals surface area contributed by atoms with Crippen molar-refractivity contribution in [3.05, 3.63) is 23.3 Å². The van der Waals surface area contributed by atoms with Crippen molar-refractivity contribution in [1.82, 2.24) is 0 Å². The van der Waals surface area contributed by atoms with Crippen LogP contribution in [-0.4, -0.2) is 23.8 Å². The van der Waals surface area contributed by atoms with Crippen molar-refractivity contribution in [2.24, 2.45) is 5.92 Å². The monoisotopic (exact) mass is 266 g/mol. The lowest BCUT2D eigenvalue weighted by Gasteiger charge is -2.38. The van der Waals surface area contributed by atoms with Gasteiger partial charge in [-0.1, -0.05) is 17.7 Å². The minimum Gasteiger partial charge on any atom is -0.478 e. The van der Waals surface area contributed by atoms with Gasteiger partial charge in [0, 0.05) is 12.7 Å². The van der Waals surface area contributed by atoms with Gasteiger partial charge in [-0.3, -0.25) is 0 Å². The first-order valence-electron chi connectivity index (χ1n) is 7.00. The highest BCUT2D eigenvalue weighted by molar-refractivity contribution is 5.86. The Labute approximate surface area is 116 Å². The van der Waals surface area contributed by atoms with Crippen LogP contribution in [0.1, 0.15) is 52.9 Å². The maximum absolute atomic E-state index is 10.9. The van der Waals surface area contributed by atoms with Crippen LogP contribution in [0.25, 0.3) is 0 Å². The van der Waals surface area contributed by atoms with Crippen LogP contribution < -0.4 is 0 Å². The SMILES string of the molecule is CO[C@@](C)(CCC=C(C)C)[C@H]1CC=C(C(=O)O)CC1. The topological polar surface area (TPSA) is 46.5 Å². The Kier molecular flexibility index (Phi) is 5.80. The predicted molar refractivity (Wildman–Crippen MR) is 77.1 cm³/mol. The average Bonchev–Trinajstić information content (AvgIpc) is 2.38. The molecule has 1 aliphatic carbocycles. The van der Waals surface area contributed by atoms with Crippen molar-refractivity contribution in [2.45, 2.75) is 58.5 Å². The molecule has 3 heteroatoms. The van der Waals surface area contributed by atoms with Gasteiger partial charge in [0.05, 0.1) is 5.60 Å². The first-order chi connectivity index (χ1) is 8.89. The van der Waals surface area contributed by atoms with E-state index in [-0.39, 0.29) is 5.60 Å². The van der Waals surface area contributed by atoms with E-state index < -0.39 is 5.97 Å². The number of rotatable bonds is 6. The number of hydrogen-bond acceptors (Lipinski definition) is 2. The molecule has 0 aliphatic heterocycles. The standard InChI is InChI=1S/C16H26O3/c1-12(2)6-5-11-16(3,19-4)14-9-7-13(8-10-14)15(17)18/h6-7,14H,5,8-11H2,1-4H3,(H,17,18)/t14-,16-/m0/s1. The van der Waals surface area contributed by atoms with E-state index in [1.807, 2.05) is 6.08 Å². The number of allylic oxidation sites excluding steroid dienone is 3. The summed E-state index contributed by atoms with van der Waals surface area (Å²) in [4.78, 5) is 10.9. The van der Waals surface area contributed by atoms with Crippen LogP contribution in [0.2, 0.25) is 0 Å². The summed E-state index contributed by atoms with van der Waals surface area (Å²) >= 11 is 0. The number of carboxylic acids is 1. The largest absolute Gasteiger partial charge is 0.478 e. The van der Waals surface area contributed by atoms with Gasteiger partial charge < -0.3 is 9.84 Å². The number of hydrogen-bond donors (Lipinski definition) is 1. The van der Waals surface area contributed by atoms with E-state index in [2.05, 4.69) is 26.8 Å². The number of aliphatic carboxylic acids is 1. The minimum atomic E-state index is -0.776. The third kappa shape index (κ3) is 4.50. The second-order valence-corrected chi connectivity index (χ2v) is 5.84. The van der Waals surface area contributed by atoms with Crippen molar-refractivity contribution in [1.29, 1.82) is 0 Å². The van der Waals surface area contributed by atoms with Gasteiger partial charge in [0.25, 0.3) is 0 Å². The van der Waals surface area contributed by atoms with E-state index in [4.69, 9.17) is 9.84 Å². The average molecular weight is 266 g/mol. The molecule has 0 radical (unpaired) electrons. The third-order valence-corrected chi connectivity index (χ3v) is 4.21. The molecule has 0 aromatic heterocycles. The van der Waals surface area contributed by atoms with Crippen molar-refractivity contribution in [3.63, 3.8) is 0 Å². The quantitative estimate of drug-likeness (QED) is 0.740. The molecule has 0 aromatic carbocycles. The van der Waals surface area contributed by atoms with Crippen molar-refractivity contribution in [3.8, 4) is 0 Å². The maximum atomic E-state index is 10.9. The molecule has 19 heavy (non-hydrogen) atoms. The summed E-state index contributed by atoms with van der Waals surface area (Å²) in [6.07, 6.45) is 8.46. The fourth-order valence-corrected chi connectivity index (χ4v) is 2.70. The van der Waals surface area contributed by atoms with E-state index in [0.29, 0.717) is 17.9 Å². The molecular formula is C16H26O3. The van der Waals surface area contributed by atoms with Gasteiger partial charge in [-0.2, -0.15) is 0 Å². The van der Waals surface area contributed by atoms with Crippen LogP contribution in [0.4, 0.5) is 0 Å². The summed E-state index contributed by atoms with van der Waals surface area (Å²) in [5, 5.41) is 8.98. The zero-order valence-electron chi connectivity index (χ0n) is 12.5. The highest BCUT2D eigenvalue weighted by Crippen LogP contribution is 2.37. The van der Waals surface area contributed by atoms with Crippen LogP contribution in [-0.2, 0) is 9.53 Å². The maximum Gasteiger partial charge on any atom is 0.331 e. The smallest absolute Gasteiger partial charge is 0.331 e. The van der Waals surface area contributed by atoms with Gasteiger partial charge >= 0.3 is 5.97 Å². The highest BCUT2D eigenvalue weighted by atomic mass is 16.5. The van der Waals surface area contributed by atoms with Gasteiger partial charge in [0.15, 0.2) is 0 Å². The summed E-state index contributed by atoms with van der Waals surface area (Å²) in [6.45, 7) is 6.36. The summed E-state index contributed by atoms with van der Waals surface area (Å²) in [7, 11) is 1.76. The number of ether oxygens (including phenoxy) is 1. The molecule has 0 fully saturated rings. The minimum absolute atomic E-state index is 0.160. The molecule has 1 aliphatic rings. The van der Waals surface area contributed by atoms with E-state index >= 15 is 0 Å². The second kappa shape index (κ2) is 6.90. The molecule has 1 rings (SSSR count). The van der Waals surface area contributed by atoms with E-state index in [0.717, 1.165) is 25.7 Å². The Hall–Kier alpha value is -1.09. The Morgan fingerprint density at radius 2 is 2.26 bits per heavy atom. The van der Waals surface area contributed by atoms with Crippen LogP contribution >= 0.6 is 0 Å². The van der Waals surface area contributed by atoms with Gasteiger partial charge in [-0.15, -0.1) is 0 Å². The summed E-state index contributed by atoms with van der Waals surface area (Å²) in [5.41, 5.74) is 1.72. The molecule has 3 nitrogen and oxygen atoms in total. The predicted octanol–water partition coefficient (Wildman–Crippen LogP) is 3.95. The number of methoxy groups -OCH3 is 1. The Bertz CT molecular complexity index is 377. The molecule has 1 N–H and O–H groups in total. The van der Waals surface area contributed by atoms with Crippen LogP contribution in [0.3, 0.4) is 0 Å². The summed E-state index contributed by atoms with van der Waals surface area (Å²) in [5.74, 6) is -0.367. The molecule has 0 aromatic rings. The zero-order valence-corrected chi connectivity index (χ0v) is 12.5. The van der Waals surface area contributed by atoms with Crippen molar-refractivity contribution >= 4 is 5.97 Å². The van der Waals surface area contributed by atoms with Gasteiger partial charge in [0.2, 0.25) is 0 Å². The van der Waals surface area contributed by atoms with Crippen LogP contribution in [0, 0.1) is 5.92 Å². The molecule has 108 valence electrons. The number of carbonyl (C=O) groups is 1. The van der Waals surface area contributed by atoms with Crippen LogP contribution in [0.15, 0.2) is 23.3 Å². The summed E-state index contributed by atoms with van der Waals surface area (Å²) in [6, 6.07) is 0. The molecule has 0 amide bonds. The Morgan fingerprint density at radius 1 is 1.58 bits per heavy atom. The van der Waals surface area contributed by atoms with E-state index in [9.17, 15) is 4.79 Å². The fraction of sp³-hybridized carbons (Fsp3) is 0.688. The molecule has 0 saturated carbocycles. The lowest BCUT2D eigenvalue weighted by atomic mass is 9.76. The summed E-state index contributed by atoms with van der Waals surface area (Å²) < 4.78 is 5.75. The molecule has 0 saturated heterocycles. The molecule has 0 unspecified atom stereocenters. The Balaban J connectivity index is 2.65. The van der Waals surface area contributed by atoms with E-state index in [1.54, 1.807) is 7.11 Å². The van der Waals surface area contributed by atoms with E-state index in [1.165, 1.54) is 5.57 Å². The van der Waals surface area contributed by atoms with Gasteiger partial charge in [0.1, 0.15) is 0 Å². The first kappa shape index (κ1) is 16.0. The molecular weight excluding hydrogens is 240 g/mol. The fourth-order valence-electron chi connectivity index (χ4n) is 2.70. The molecule has 0 bridgehead atoms. The first-order valence-corrected chi connectivity index (χ1v) is 7.00. The zero-order chi connectivity index (χ0) is 14.5. The normalized spacial score (nSPS) is 22.3. The molecule has 0 spiro atoms. The lowest BCUT2D eigenvalue weighted by molar-refractivity contribution is -0.133. The van der Waals surface area contributed by atoms with Crippen molar-refractivity contribution in [2.75, 3.05) is 7.11 Å². The second-order valence-electron chi connectivity index (χ2n) is 5.84. The van der Waals surface area contributed by atoms with Crippen LogP contribution in [0.5, 0.6) is 0 Å². The van der Waals surface area contributed by atoms with Gasteiger partial charge in [-0.25, -0.2) is 4.79 Å². The lowest BCUT2D eigenvalue weighted by Crippen LogP contribution is -2.38. The molecule has 0 heterocycles. The Morgan fingerprint density at radius 3 is 2.68 bits per heavy atom. The molecule has 2 atom stereocenters. The highest BCUT2D eigenvalue weighted by Gasteiger charge is 2.35. The van der Waals surface area contributed by atoms with Gasteiger partial charge in [-0.05, 0) is 58.8 Å². The third-order valence-electron chi connectivity index (χ3n) is 4.21. The number of carboxylic acid groups (broad SMARTS) is 1. The van der Waals surface area contributed by atoms with Crippen molar-refractivity contribution < 1.29 is 14.6 Å².